The van der Waals surface area contributed by atoms with Gasteiger partial charge in [-0.15, -0.1) is 0 Å². The first-order chi connectivity index (χ1) is 23.3. The molecule has 5 heteroatoms. The normalized spacial score (nSPS) is 19.6. The Hall–Kier alpha value is -4.38. The molecule has 0 fully saturated rings. The third-order valence-corrected chi connectivity index (χ3v) is 12.5. The van der Waals surface area contributed by atoms with E-state index in [1.54, 1.807) is 0 Å². The summed E-state index contributed by atoms with van der Waals surface area (Å²) in [5.74, 6) is 3.30. The Morgan fingerprint density at radius 2 is 0.918 bits per heavy atom. The Balaban J connectivity index is 1.21. The Kier molecular flexibility index (Phi) is 6.32. The average molecular weight is 645 g/mol. The maximum absolute atomic E-state index is 6.82. The number of hydrogen-bond donors (Lipinski definition) is 0. The van der Waals surface area contributed by atoms with E-state index in [0.717, 1.165) is 74.7 Å². The molecule has 2 aliphatic heterocycles. The van der Waals surface area contributed by atoms with E-state index in [1.165, 1.54) is 35.1 Å². The lowest BCUT2D eigenvalue weighted by atomic mass is 9.35. The van der Waals surface area contributed by atoms with Crippen molar-refractivity contribution < 1.29 is 9.47 Å². The zero-order valence-electron chi connectivity index (χ0n) is 30.1. The highest BCUT2D eigenvalue weighted by Gasteiger charge is 2.43. The quantitative estimate of drug-likeness (QED) is 0.176. The standard InChI is InChI=1S/C44H45BN2O2/c1-41(2)18-20-43(5,6)30-24-26(12-14-28(30)41)37-39-32(16-22-46-37)45-33-17-23-47-38(40(33)49-35-11-9-10-34(48-39)36(35)45)27-13-15-29-31(25-27)44(7,8)21-19-42(29,3)4/h9-17,22-25H,18-21H2,1-8H3. The predicted molar refractivity (Wildman–Crippen MR) is 201 cm³/mol. The van der Waals surface area contributed by atoms with E-state index < -0.39 is 0 Å². The van der Waals surface area contributed by atoms with Gasteiger partial charge in [-0.25, -0.2) is 0 Å². The van der Waals surface area contributed by atoms with Crippen molar-refractivity contribution in [1.82, 2.24) is 9.97 Å². The largest absolute Gasteiger partial charge is 0.456 e. The highest BCUT2D eigenvalue weighted by Crippen LogP contribution is 2.49. The van der Waals surface area contributed by atoms with E-state index in [4.69, 9.17) is 19.4 Å². The Morgan fingerprint density at radius 3 is 1.35 bits per heavy atom. The summed E-state index contributed by atoms with van der Waals surface area (Å²) >= 11 is 0. The molecular weight excluding hydrogens is 599 g/mol. The molecule has 0 atom stereocenters. The first-order valence-corrected chi connectivity index (χ1v) is 18.0. The second-order valence-corrected chi connectivity index (χ2v) is 17.5. The summed E-state index contributed by atoms with van der Waals surface area (Å²) < 4.78 is 13.6. The summed E-state index contributed by atoms with van der Waals surface area (Å²) in [6.07, 6.45) is 8.61. The highest BCUT2D eigenvalue weighted by atomic mass is 16.5. The van der Waals surface area contributed by atoms with Crippen LogP contribution in [0.25, 0.3) is 22.5 Å². The third-order valence-electron chi connectivity index (χ3n) is 12.5. The number of fused-ring (bicyclic) bond motifs is 6. The fraction of sp³-hybridized carbons (Fsp3) is 0.364. The van der Waals surface area contributed by atoms with Crippen LogP contribution < -0.4 is 25.9 Å². The molecular formula is C44H45BN2O2. The summed E-state index contributed by atoms with van der Waals surface area (Å²) in [6.45, 7) is 18.9. The number of rotatable bonds is 2. The van der Waals surface area contributed by atoms with Crippen LogP contribution in [0.4, 0.5) is 0 Å². The third kappa shape index (κ3) is 4.50. The fourth-order valence-corrected chi connectivity index (χ4v) is 9.16. The first-order valence-electron chi connectivity index (χ1n) is 18.0. The van der Waals surface area contributed by atoms with Crippen LogP contribution in [0.5, 0.6) is 23.0 Å². The minimum Gasteiger partial charge on any atom is -0.456 e. The first kappa shape index (κ1) is 30.7. The van der Waals surface area contributed by atoms with Gasteiger partial charge in [0.15, 0.2) is 0 Å². The van der Waals surface area contributed by atoms with Crippen molar-refractivity contribution >= 4 is 23.1 Å². The summed E-state index contributed by atoms with van der Waals surface area (Å²) in [5, 5.41) is 0. The summed E-state index contributed by atoms with van der Waals surface area (Å²) in [4.78, 5) is 9.99. The number of hydrogen-bond acceptors (Lipinski definition) is 4. The van der Waals surface area contributed by atoms with Crippen molar-refractivity contribution in [3.8, 4) is 45.5 Å². The van der Waals surface area contributed by atoms with Gasteiger partial charge in [0.2, 0.25) is 0 Å². The SMILES string of the molecule is CC1(C)CCC(C)(C)c2cc(-c3nccc4c3Oc3cccc5c3B4c3ccnc(-c4ccc6c(c4)C(C)(C)CCC6(C)C)c3O5)ccc21. The van der Waals surface area contributed by atoms with Gasteiger partial charge in [0.25, 0.3) is 6.71 Å². The number of nitrogens with zero attached hydrogens (tertiary/aromatic N) is 2. The van der Waals surface area contributed by atoms with Crippen LogP contribution in [0.1, 0.15) is 103 Å². The number of pyridine rings is 2. The van der Waals surface area contributed by atoms with Crippen LogP contribution in [0.2, 0.25) is 0 Å². The lowest BCUT2D eigenvalue weighted by Crippen LogP contribution is -2.57. The van der Waals surface area contributed by atoms with Crippen molar-refractivity contribution in [1.29, 1.82) is 0 Å². The molecule has 246 valence electrons. The van der Waals surface area contributed by atoms with Gasteiger partial charge in [-0.05, 0) is 117 Å². The molecule has 5 aromatic rings. The van der Waals surface area contributed by atoms with Crippen molar-refractivity contribution in [2.24, 2.45) is 0 Å². The molecule has 2 aliphatic carbocycles. The van der Waals surface area contributed by atoms with E-state index in [1.807, 2.05) is 18.5 Å². The van der Waals surface area contributed by atoms with Gasteiger partial charge < -0.3 is 9.47 Å². The molecule has 4 aliphatic rings. The van der Waals surface area contributed by atoms with Gasteiger partial charge in [-0.2, -0.15) is 0 Å². The topological polar surface area (TPSA) is 44.2 Å². The van der Waals surface area contributed by atoms with Crippen LogP contribution in [0.15, 0.2) is 79.1 Å². The van der Waals surface area contributed by atoms with E-state index >= 15 is 0 Å². The monoisotopic (exact) mass is 644 g/mol. The minimum atomic E-state index is -0.0665. The molecule has 3 aromatic carbocycles. The minimum absolute atomic E-state index is 0.0665. The molecule has 49 heavy (non-hydrogen) atoms. The zero-order chi connectivity index (χ0) is 34.1. The predicted octanol–water partition coefficient (Wildman–Crippen LogP) is 9.24. The Labute approximate surface area is 291 Å². The zero-order valence-corrected chi connectivity index (χ0v) is 30.1. The van der Waals surface area contributed by atoms with E-state index in [0.29, 0.717) is 0 Å². The molecule has 0 radical (unpaired) electrons. The van der Waals surface area contributed by atoms with Crippen molar-refractivity contribution in [3.63, 3.8) is 0 Å². The highest BCUT2D eigenvalue weighted by molar-refractivity contribution is 6.98. The van der Waals surface area contributed by atoms with Crippen LogP contribution in [0, 0.1) is 0 Å². The van der Waals surface area contributed by atoms with Gasteiger partial charge >= 0.3 is 0 Å². The van der Waals surface area contributed by atoms with Gasteiger partial charge in [0, 0.05) is 29.0 Å². The van der Waals surface area contributed by atoms with Gasteiger partial charge in [0.05, 0.1) is 0 Å². The lowest BCUT2D eigenvalue weighted by Gasteiger charge is -2.42. The summed E-state index contributed by atoms with van der Waals surface area (Å²) in [5.41, 5.74) is 13.5. The number of aromatic nitrogens is 2. The molecule has 2 aromatic heterocycles. The average Bonchev–Trinajstić information content (AvgIpc) is 3.08. The molecule has 4 heterocycles. The molecule has 0 unspecified atom stereocenters. The molecule has 0 spiro atoms. The van der Waals surface area contributed by atoms with Crippen LogP contribution >= 0.6 is 0 Å². The van der Waals surface area contributed by atoms with Crippen molar-refractivity contribution in [2.45, 2.75) is 103 Å². The van der Waals surface area contributed by atoms with Crippen LogP contribution in [-0.4, -0.2) is 16.7 Å². The van der Waals surface area contributed by atoms with E-state index in [-0.39, 0.29) is 28.4 Å². The number of ether oxygens (including phenoxy) is 2. The number of benzene rings is 3. The molecule has 0 N–H and O–H groups in total. The van der Waals surface area contributed by atoms with Crippen LogP contribution in [-0.2, 0) is 21.7 Å². The van der Waals surface area contributed by atoms with E-state index in [2.05, 4.69) is 116 Å². The van der Waals surface area contributed by atoms with E-state index in [9.17, 15) is 0 Å². The van der Waals surface area contributed by atoms with Crippen LogP contribution in [0.3, 0.4) is 0 Å². The molecule has 4 nitrogen and oxygen atoms in total. The fourth-order valence-electron chi connectivity index (χ4n) is 9.16. The Bertz CT molecular complexity index is 2060. The molecule has 0 saturated heterocycles. The van der Waals surface area contributed by atoms with Gasteiger partial charge in [-0.1, -0.05) is 85.7 Å². The summed E-state index contributed by atoms with van der Waals surface area (Å²) in [6, 6.07) is 24.4. The van der Waals surface area contributed by atoms with Crippen molar-refractivity contribution in [3.05, 3.63) is 101 Å². The second kappa shape index (κ2) is 10.1. The molecule has 0 bridgehead atoms. The van der Waals surface area contributed by atoms with Gasteiger partial charge in [-0.3, -0.25) is 9.97 Å². The molecule has 0 saturated carbocycles. The van der Waals surface area contributed by atoms with Crippen molar-refractivity contribution in [2.75, 3.05) is 0 Å². The molecule has 0 amide bonds. The van der Waals surface area contributed by atoms with Gasteiger partial charge in [0.1, 0.15) is 34.4 Å². The Morgan fingerprint density at radius 1 is 0.510 bits per heavy atom. The summed E-state index contributed by atoms with van der Waals surface area (Å²) in [7, 11) is 0. The maximum atomic E-state index is 6.82. The maximum Gasteiger partial charge on any atom is 0.261 e. The lowest BCUT2D eigenvalue weighted by molar-refractivity contribution is 0.332. The smallest absolute Gasteiger partial charge is 0.261 e. The second-order valence-electron chi connectivity index (χ2n) is 17.5. The molecule has 9 rings (SSSR count).